The molecule has 1 aliphatic heterocycles. The van der Waals surface area contributed by atoms with Gasteiger partial charge in [0.25, 0.3) is 0 Å². The third-order valence-electron chi connectivity index (χ3n) is 6.90. The summed E-state index contributed by atoms with van der Waals surface area (Å²) in [4.78, 5) is 31.2. The Morgan fingerprint density at radius 3 is 2.44 bits per heavy atom. The summed E-state index contributed by atoms with van der Waals surface area (Å²) in [5.41, 5.74) is 11.6. The summed E-state index contributed by atoms with van der Waals surface area (Å²) in [5.74, 6) is -0.415. The van der Waals surface area contributed by atoms with Crippen LogP contribution in [-0.4, -0.2) is 54.8 Å². The molecule has 2 amide bonds. The van der Waals surface area contributed by atoms with Crippen molar-refractivity contribution in [3.8, 4) is 0 Å². The minimum Gasteiger partial charge on any atom is -0.369 e. The van der Waals surface area contributed by atoms with Crippen molar-refractivity contribution in [2.75, 3.05) is 13.1 Å². The number of aryl methyl sites for hydroxylation is 2. The van der Waals surface area contributed by atoms with E-state index in [1.54, 1.807) is 4.90 Å². The van der Waals surface area contributed by atoms with Gasteiger partial charge in [-0.15, -0.1) is 10.2 Å². The number of carbonyl (C=O) groups excluding carboxylic acids is 2. The summed E-state index contributed by atoms with van der Waals surface area (Å²) >= 11 is 1.32. The molecule has 2 aromatic carbocycles. The second-order valence-corrected chi connectivity index (χ2v) is 10.9. The Labute approximate surface area is 214 Å². The quantitative estimate of drug-likeness (QED) is 0.402. The fraction of sp³-hybridized carbons (Fsp3) is 0.370. The number of nitrogens with two attached hydrogens (primary N) is 1. The molecule has 0 saturated carbocycles. The van der Waals surface area contributed by atoms with E-state index >= 15 is 0 Å². The predicted octanol–water partition coefficient (Wildman–Crippen LogP) is 3.85. The Morgan fingerprint density at radius 2 is 1.75 bits per heavy atom. The van der Waals surface area contributed by atoms with E-state index in [2.05, 4.69) is 71.1 Å². The molecule has 0 bridgehead atoms. The fourth-order valence-corrected chi connectivity index (χ4v) is 5.58. The predicted molar refractivity (Wildman–Crippen MR) is 142 cm³/mol. The SMILES string of the molecule is Cc1ccc(Cn2c3ccc(C)cc3c3nnc(SC(C)C(=O)N4CCC(C(N)=O)CC4)nc32)cc1. The number of carbonyl (C=O) groups is 2. The molecule has 8 nitrogen and oxygen atoms in total. The highest BCUT2D eigenvalue weighted by atomic mass is 32.2. The Bertz CT molecular complexity index is 1440. The third-order valence-corrected chi connectivity index (χ3v) is 7.84. The Balaban J connectivity index is 1.43. The van der Waals surface area contributed by atoms with Crippen molar-refractivity contribution in [1.82, 2.24) is 24.6 Å². The maximum atomic E-state index is 13.1. The molecule has 0 radical (unpaired) electrons. The number of hydrogen-bond donors (Lipinski definition) is 1. The first-order chi connectivity index (χ1) is 17.3. The highest BCUT2D eigenvalue weighted by Crippen LogP contribution is 2.30. The molecule has 1 atom stereocenters. The van der Waals surface area contributed by atoms with Crippen molar-refractivity contribution in [3.63, 3.8) is 0 Å². The lowest BCUT2D eigenvalue weighted by molar-refractivity contribution is -0.134. The Kier molecular flexibility index (Phi) is 6.66. The lowest BCUT2D eigenvalue weighted by Gasteiger charge is -2.32. The molecule has 3 heterocycles. The van der Waals surface area contributed by atoms with Gasteiger partial charge in [0.2, 0.25) is 17.0 Å². The average Bonchev–Trinajstić information content (AvgIpc) is 3.16. The van der Waals surface area contributed by atoms with Crippen molar-refractivity contribution >= 4 is 45.6 Å². The average molecular weight is 503 g/mol. The second kappa shape index (κ2) is 9.89. The second-order valence-electron chi connectivity index (χ2n) is 9.62. The van der Waals surface area contributed by atoms with Crippen LogP contribution >= 0.6 is 11.8 Å². The zero-order valence-electron chi connectivity index (χ0n) is 20.8. The molecule has 2 aromatic heterocycles. The van der Waals surface area contributed by atoms with Crippen LogP contribution in [0.3, 0.4) is 0 Å². The monoisotopic (exact) mass is 502 g/mol. The summed E-state index contributed by atoms with van der Waals surface area (Å²) in [7, 11) is 0. The molecule has 2 N–H and O–H groups in total. The zero-order valence-corrected chi connectivity index (χ0v) is 21.6. The van der Waals surface area contributed by atoms with E-state index in [0.29, 0.717) is 37.6 Å². The van der Waals surface area contributed by atoms with E-state index in [-0.39, 0.29) is 23.0 Å². The molecular weight excluding hydrogens is 472 g/mol. The molecule has 0 aliphatic carbocycles. The number of benzene rings is 2. The number of hydrogen-bond acceptors (Lipinski definition) is 6. The Hall–Kier alpha value is -3.46. The minimum atomic E-state index is -0.369. The number of thioether (sulfide) groups is 1. The maximum Gasteiger partial charge on any atom is 0.235 e. The maximum absolute atomic E-state index is 13.1. The number of likely N-dealkylation sites (tertiary alicyclic amines) is 1. The standard InChI is InChI=1S/C27H30N6O2S/c1-16-4-7-19(8-5-16)15-33-22-9-6-17(2)14-21(22)23-25(33)29-27(31-30-23)36-18(3)26(35)32-12-10-20(11-13-32)24(28)34/h4-9,14,18,20H,10-13,15H2,1-3H3,(H2,28,34). The first-order valence-electron chi connectivity index (χ1n) is 12.2. The highest BCUT2D eigenvalue weighted by Gasteiger charge is 2.29. The molecule has 1 saturated heterocycles. The van der Waals surface area contributed by atoms with Crippen molar-refractivity contribution in [3.05, 3.63) is 59.2 Å². The van der Waals surface area contributed by atoms with Crippen LogP contribution in [0.25, 0.3) is 22.1 Å². The van der Waals surface area contributed by atoms with Crippen molar-refractivity contribution in [2.24, 2.45) is 11.7 Å². The van der Waals surface area contributed by atoms with Crippen LogP contribution in [0.1, 0.15) is 36.5 Å². The largest absolute Gasteiger partial charge is 0.369 e. The molecule has 0 spiro atoms. The van der Waals surface area contributed by atoms with Gasteiger partial charge in [-0.1, -0.05) is 53.2 Å². The van der Waals surface area contributed by atoms with Crippen molar-refractivity contribution < 1.29 is 9.59 Å². The van der Waals surface area contributed by atoms with Gasteiger partial charge in [0, 0.05) is 30.9 Å². The number of rotatable bonds is 6. The summed E-state index contributed by atoms with van der Waals surface area (Å²) in [6.07, 6.45) is 1.22. The molecule has 9 heteroatoms. The molecule has 5 rings (SSSR count). The normalized spacial score (nSPS) is 15.5. The van der Waals surface area contributed by atoms with Crippen molar-refractivity contribution in [1.29, 1.82) is 0 Å². The number of fused-ring (bicyclic) bond motifs is 3. The van der Waals surface area contributed by atoms with E-state index in [1.165, 1.54) is 22.9 Å². The van der Waals surface area contributed by atoms with Gasteiger partial charge in [0.05, 0.1) is 10.8 Å². The van der Waals surface area contributed by atoms with Crippen LogP contribution < -0.4 is 5.73 Å². The lowest BCUT2D eigenvalue weighted by atomic mass is 9.96. The first kappa shape index (κ1) is 24.2. The van der Waals surface area contributed by atoms with Crippen molar-refractivity contribution in [2.45, 2.75) is 50.6 Å². The van der Waals surface area contributed by atoms with E-state index < -0.39 is 0 Å². The van der Waals surface area contributed by atoms with E-state index in [1.807, 2.05) is 6.92 Å². The minimum absolute atomic E-state index is 0.0161. The summed E-state index contributed by atoms with van der Waals surface area (Å²) in [6, 6.07) is 14.8. The molecule has 1 aliphatic rings. The summed E-state index contributed by atoms with van der Waals surface area (Å²) in [5, 5.41) is 10.1. The van der Waals surface area contributed by atoms with Crippen LogP contribution in [0, 0.1) is 19.8 Å². The molecule has 4 aromatic rings. The number of aromatic nitrogens is 4. The fourth-order valence-electron chi connectivity index (χ4n) is 4.79. The van der Waals surface area contributed by atoms with Crippen LogP contribution in [0.4, 0.5) is 0 Å². The van der Waals surface area contributed by atoms with Gasteiger partial charge in [-0.3, -0.25) is 9.59 Å². The van der Waals surface area contributed by atoms with E-state index in [4.69, 9.17) is 10.7 Å². The molecule has 186 valence electrons. The zero-order chi connectivity index (χ0) is 25.4. The van der Waals surface area contributed by atoms with Gasteiger partial charge >= 0.3 is 0 Å². The van der Waals surface area contributed by atoms with E-state index in [9.17, 15) is 9.59 Å². The van der Waals surface area contributed by atoms with Crippen LogP contribution in [0.15, 0.2) is 47.6 Å². The van der Waals surface area contributed by atoms with Gasteiger partial charge in [-0.05, 0) is 51.3 Å². The molecule has 1 fully saturated rings. The Morgan fingerprint density at radius 1 is 1.06 bits per heavy atom. The molecular formula is C27H30N6O2S. The number of piperidine rings is 1. The van der Waals surface area contributed by atoms with Gasteiger partial charge in [0.15, 0.2) is 5.65 Å². The number of primary amides is 1. The number of nitrogens with zero attached hydrogens (tertiary/aromatic N) is 5. The van der Waals surface area contributed by atoms with Gasteiger partial charge in [-0.25, -0.2) is 4.98 Å². The van der Waals surface area contributed by atoms with Crippen LogP contribution in [0.5, 0.6) is 0 Å². The topological polar surface area (TPSA) is 107 Å². The third kappa shape index (κ3) is 4.80. The highest BCUT2D eigenvalue weighted by molar-refractivity contribution is 8.00. The smallest absolute Gasteiger partial charge is 0.235 e. The molecule has 36 heavy (non-hydrogen) atoms. The van der Waals surface area contributed by atoms with Gasteiger partial charge in [0.1, 0.15) is 5.52 Å². The summed E-state index contributed by atoms with van der Waals surface area (Å²) < 4.78 is 2.18. The number of amides is 2. The van der Waals surface area contributed by atoms with Crippen LogP contribution in [0.2, 0.25) is 0 Å². The van der Waals surface area contributed by atoms with Crippen LogP contribution in [-0.2, 0) is 16.1 Å². The van der Waals surface area contributed by atoms with E-state index in [0.717, 1.165) is 27.6 Å². The van der Waals surface area contributed by atoms with Gasteiger partial charge in [-0.2, -0.15) is 0 Å². The molecule has 1 unspecified atom stereocenters. The summed E-state index contributed by atoms with van der Waals surface area (Å²) in [6.45, 7) is 7.75. The van der Waals surface area contributed by atoms with Gasteiger partial charge < -0.3 is 15.2 Å². The first-order valence-corrected chi connectivity index (χ1v) is 13.1. The lowest BCUT2D eigenvalue weighted by Crippen LogP contribution is -2.44.